The summed E-state index contributed by atoms with van der Waals surface area (Å²) < 4.78 is 0. The lowest BCUT2D eigenvalue weighted by molar-refractivity contribution is 0.933. The van der Waals surface area contributed by atoms with Crippen molar-refractivity contribution in [3.05, 3.63) is 16.8 Å². The molecule has 2 aromatic heterocycles. The molecule has 0 aliphatic carbocycles. The highest BCUT2D eigenvalue weighted by Gasteiger charge is 2.19. The van der Waals surface area contributed by atoms with Crippen molar-refractivity contribution in [1.82, 2.24) is 19.9 Å². The Labute approximate surface area is 108 Å². The Kier molecular flexibility index (Phi) is 2.72. The summed E-state index contributed by atoms with van der Waals surface area (Å²) in [5, 5.41) is 0.482. The van der Waals surface area contributed by atoms with Gasteiger partial charge in [0.25, 0.3) is 0 Å². The monoisotopic (exact) mass is 269 g/mol. The van der Waals surface area contributed by atoms with Crippen LogP contribution in [0.5, 0.6) is 0 Å². The summed E-state index contributed by atoms with van der Waals surface area (Å²) in [4.78, 5) is 18.6. The van der Waals surface area contributed by atoms with Crippen LogP contribution in [0.3, 0.4) is 0 Å². The molecule has 7 heteroatoms. The number of fused-ring (bicyclic) bond motifs is 1. The Morgan fingerprint density at radius 3 is 2.53 bits per heavy atom. The predicted octanol–water partition coefficient (Wildman–Crippen LogP) is 2.33. The first-order valence-electron chi connectivity index (χ1n) is 5.34. The quantitative estimate of drug-likeness (QED) is 0.588. The highest BCUT2D eigenvalue weighted by Crippen LogP contribution is 2.28. The maximum atomic E-state index is 5.99. The molecule has 0 unspecified atom stereocenters. The fourth-order valence-corrected chi connectivity index (χ4v) is 2.37. The van der Waals surface area contributed by atoms with Crippen molar-refractivity contribution in [2.24, 2.45) is 0 Å². The third-order valence-corrected chi connectivity index (χ3v) is 3.24. The molecule has 1 fully saturated rings. The van der Waals surface area contributed by atoms with Crippen LogP contribution in [-0.4, -0.2) is 33.0 Å². The topological polar surface area (TPSA) is 54.8 Å². The zero-order valence-corrected chi connectivity index (χ0v) is 10.4. The lowest BCUT2D eigenvalue weighted by atomic mass is 10.4. The van der Waals surface area contributed by atoms with Gasteiger partial charge in [0.1, 0.15) is 17.4 Å². The maximum absolute atomic E-state index is 5.99. The van der Waals surface area contributed by atoms with E-state index in [4.69, 9.17) is 23.2 Å². The zero-order chi connectivity index (χ0) is 11.8. The van der Waals surface area contributed by atoms with Gasteiger partial charge in [-0.2, -0.15) is 4.98 Å². The van der Waals surface area contributed by atoms with Gasteiger partial charge in [0, 0.05) is 13.1 Å². The Bertz CT molecular complexity index is 568. The van der Waals surface area contributed by atoms with Gasteiger partial charge in [0.15, 0.2) is 11.0 Å². The van der Waals surface area contributed by atoms with E-state index >= 15 is 0 Å². The molecule has 1 saturated heterocycles. The van der Waals surface area contributed by atoms with E-state index in [1.165, 1.54) is 6.33 Å². The molecule has 1 aliphatic heterocycles. The van der Waals surface area contributed by atoms with E-state index in [0.29, 0.717) is 16.2 Å². The number of nitrogens with zero attached hydrogens (tertiary/aromatic N) is 5. The van der Waals surface area contributed by atoms with Gasteiger partial charge in [0.2, 0.25) is 5.28 Å². The minimum absolute atomic E-state index is 0.177. The summed E-state index contributed by atoms with van der Waals surface area (Å²) in [7, 11) is 0. The van der Waals surface area contributed by atoms with Gasteiger partial charge in [-0.1, -0.05) is 11.6 Å². The third-order valence-electron chi connectivity index (χ3n) is 2.80. The largest absolute Gasteiger partial charge is 0.355 e. The van der Waals surface area contributed by atoms with E-state index in [9.17, 15) is 0 Å². The fourth-order valence-electron chi connectivity index (χ4n) is 2.03. The number of aromatic nitrogens is 4. The fraction of sp³-hybridized carbons (Fsp3) is 0.400. The molecular weight excluding hydrogens is 261 g/mol. The second-order valence-electron chi connectivity index (χ2n) is 3.87. The van der Waals surface area contributed by atoms with Crippen LogP contribution < -0.4 is 4.90 Å². The molecule has 0 aromatic carbocycles. The van der Waals surface area contributed by atoms with E-state index < -0.39 is 0 Å². The second kappa shape index (κ2) is 4.23. The molecule has 0 radical (unpaired) electrons. The van der Waals surface area contributed by atoms with E-state index in [-0.39, 0.29) is 5.28 Å². The van der Waals surface area contributed by atoms with Crippen LogP contribution in [0.2, 0.25) is 10.4 Å². The Morgan fingerprint density at radius 1 is 1.00 bits per heavy atom. The summed E-state index contributed by atoms with van der Waals surface area (Å²) >= 11 is 11.9. The van der Waals surface area contributed by atoms with Gasteiger partial charge < -0.3 is 4.90 Å². The summed E-state index contributed by atoms with van der Waals surface area (Å²) in [5.41, 5.74) is 1.17. The van der Waals surface area contributed by atoms with Gasteiger partial charge in [0.05, 0.1) is 0 Å². The smallest absolute Gasteiger partial charge is 0.225 e. The summed E-state index contributed by atoms with van der Waals surface area (Å²) in [6, 6.07) is 0. The molecule has 17 heavy (non-hydrogen) atoms. The van der Waals surface area contributed by atoms with Crippen molar-refractivity contribution in [1.29, 1.82) is 0 Å². The molecule has 5 nitrogen and oxygen atoms in total. The lowest BCUT2D eigenvalue weighted by Crippen LogP contribution is -2.20. The van der Waals surface area contributed by atoms with Crippen molar-refractivity contribution in [3.63, 3.8) is 0 Å². The van der Waals surface area contributed by atoms with Gasteiger partial charge in [-0.05, 0) is 24.4 Å². The van der Waals surface area contributed by atoms with Crippen molar-refractivity contribution < 1.29 is 0 Å². The number of anilines is 1. The minimum Gasteiger partial charge on any atom is -0.355 e. The van der Waals surface area contributed by atoms with E-state index in [0.717, 1.165) is 31.7 Å². The first-order valence-corrected chi connectivity index (χ1v) is 6.10. The number of halogens is 2. The first kappa shape index (κ1) is 10.9. The second-order valence-corrected chi connectivity index (χ2v) is 4.57. The molecule has 3 heterocycles. The molecule has 0 spiro atoms. The average Bonchev–Trinajstić information content (AvgIpc) is 2.83. The molecule has 2 aromatic rings. The van der Waals surface area contributed by atoms with Gasteiger partial charge in [-0.3, -0.25) is 0 Å². The van der Waals surface area contributed by atoms with Gasteiger partial charge >= 0.3 is 0 Å². The van der Waals surface area contributed by atoms with Crippen molar-refractivity contribution in [3.8, 4) is 0 Å². The van der Waals surface area contributed by atoms with Crippen molar-refractivity contribution in [2.75, 3.05) is 18.0 Å². The molecule has 88 valence electrons. The van der Waals surface area contributed by atoms with E-state index in [2.05, 4.69) is 24.8 Å². The number of hydrogen-bond donors (Lipinski definition) is 0. The highest BCUT2D eigenvalue weighted by molar-refractivity contribution is 6.34. The molecule has 3 rings (SSSR count). The van der Waals surface area contributed by atoms with E-state index in [1.807, 2.05) is 0 Å². The van der Waals surface area contributed by atoms with Crippen LogP contribution in [0.1, 0.15) is 12.8 Å². The Balaban J connectivity index is 2.25. The average molecular weight is 270 g/mol. The minimum atomic E-state index is 0.177. The Morgan fingerprint density at radius 2 is 1.76 bits per heavy atom. The standard InChI is InChI=1S/C10H9Cl2N5/c11-8-6-7(13-5-14-8)9(16-10(12)15-6)17-3-1-2-4-17/h5H,1-4H2. The molecular formula is C10H9Cl2N5. The van der Waals surface area contributed by atoms with Crippen LogP contribution in [-0.2, 0) is 0 Å². The molecule has 0 bridgehead atoms. The molecule has 0 atom stereocenters. The van der Waals surface area contributed by atoms with Crippen molar-refractivity contribution >= 4 is 40.1 Å². The van der Waals surface area contributed by atoms with Gasteiger partial charge in [-0.25, -0.2) is 15.0 Å². The third kappa shape index (κ3) is 1.89. The van der Waals surface area contributed by atoms with Crippen LogP contribution in [0.25, 0.3) is 11.0 Å². The van der Waals surface area contributed by atoms with Crippen molar-refractivity contribution in [2.45, 2.75) is 12.8 Å². The molecule has 1 aliphatic rings. The number of hydrogen-bond acceptors (Lipinski definition) is 5. The highest BCUT2D eigenvalue weighted by atomic mass is 35.5. The van der Waals surface area contributed by atoms with Crippen LogP contribution in [0.15, 0.2) is 6.33 Å². The summed E-state index contributed by atoms with van der Waals surface area (Å²) in [6.07, 6.45) is 3.73. The maximum Gasteiger partial charge on any atom is 0.225 e. The van der Waals surface area contributed by atoms with Crippen LogP contribution in [0, 0.1) is 0 Å². The SMILES string of the molecule is Clc1nc(N2CCCC2)c2ncnc(Cl)c2n1. The molecule has 0 N–H and O–H groups in total. The van der Waals surface area contributed by atoms with E-state index in [1.54, 1.807) is 0 Å². The summed E-state index contributed by atoms with van der Waals surface area (Å²) in [6.45, 7) is 1.92. The Hall–Kier alpha value is -1.20. The summed E-state index contributed by atoms with van der Waals surface area (Å²) in [5.74, 6) is 0.752. The first-order chi connectivity index (χ1) is 8.25. The molecule has 0 amide bonds. The lowest BCUT2D eigenvalue weighted by Gasteiger charge is -2.17. The molecule has 0 saturated carbocycles. The van der Waals surface area contributed by atoms with Crippen LogP contribution >= 0.6 is 23.2 Å². The predicted molar refractivity (Wildman–Crippen MR) is 66.6 cm³/mol. The zero-order valence-electron chi connectivity index (χ0n) is 8.90. The van der Waals surface area contributed by atoms with Gasteiger partial charge in [-0.15, -0.1) is 0 Å². The van der Waals surface area contributed by atoms with Crippen LogP contribution in [0.4, 0.5) is 5.82 Å². The number of rotatable bonds is 1. The normalized spacial score (nSPS) is 15.8.